The number of carbonyl (C=O) groups is 1. The number of halogens is 2. The molecular formula is C25H26F2N4O3. The number of carbonyl (C=O) groups excluding carboxylic acids is 1. The van der Waals surface area contributed by atoms with Crippen LogP contribution in [-0.4, -0.2) is 53.0 Å². The molecule has 178 valence electrons. The smallest absolute Gasteiger partial charge is 0.291 e. The lowest BCUT2D eigenvalue weighted by molar-refractivity contribution is -0.0906. The molecule has 2 aromatic rings. The molecule has 0 radical (unpaired) electrons. The molecule has 3 atom stereocenters. The lowest BCUT2D eigenvalue weighted by Crippen LogP contribution is -2.57. The maximum absolute atomic E-state index is 14.3. The van der Waals surface area contributed by atoms with Gasteiger partial charge in [-0.05, 0) is 48.0 Å². The number of ether oxygens (including phenoxy) is 1. The molecule has 0 spiro atoms. The molecule has 1 aromatic carbocycles. The van der Waals surface area contributed by atoms with E-state index in [4.69, 9.17) is 20.0 Å². The number of benzene rings is 1. The van der Waals surface area contributed by atoms with Crippen molar-refractivity contribution in [3.05, 3.63) is 65.4 Å². The number of allylic oxidation sites excluding steroid dienone is 2. The van der Waals surface area contributed by atoms with E-state index in [0.717, 1.165) is 18.6 Å². The van der Waals surface area contributed by atoms with E-state index in [-0.39, 0.29) is 23.3 Å². The van der Waals surface area contributed by atoms with Crippen LogP contribution in [0.25, 0.3) is 0 Å². The number of nitrogens with one attached hydrogen (secondary N) is 2. The number of amides is 1. The van der Waals surface area contributed by atoms with Crippen LogP contribution in [0.3, 0.4) is 0 Å². The van der Waals surface area contributed by atoms with Gasteiger partial charge < -0.3 is 24.9 Å². The van der Waals surface area contributed by atoms with E-state index in [1.54, 1.807) is 4.90 Å². The van der Waals surface area contributed by atoms with E-state index in [1.807, 2.05) is 0 Å². The summed E-state index contributed by atoms with van der Waals surface area (Å²) < 4.78 is 39.9. The first-order valence-electron chi connectivity index (χ1n) is 11.3. The Kier molecular flexibility index (Phi) is 5.27. The van der Waals surface area contributed by atoms with E-state index >= 15 is 0 Å². The first kappa shape index (κ1) is 22.6. The molecule has 0 unspecified atom stereocenters. The van der Waals surface area contributed by atoms with Gasteiger partial charge in [0.15, 0.2) is 6.39 Å². The van der Waals surface area contributed by atoms with E-state index in [1.165, 1.54) is 24.7 Å². The maximum atomic E-state index is 14.3. The van der Waals surface area contributed by atoms with Crippen LogP contribution < -0.4 is 0 Å². The van der Waals surface area contributed by atoms with Gasteiger partial charge in [-0.15, -0.1) is 0 Å². The van der Waals surface area contributed by atoms with Crippen molar-refractivity contribution in [3.8, 4) is 0 Å². The summed E-state index contributed by atoms with van der Waals surface area (Å²) in [6, 6.07) is 3.51. The largest absolute Gasteiger partial charge is 0.438 e. The highest BCUT2D eigenvalue weighted by molar-refractivity contribution is 6.15. The molecule has 1 amide bonds. The third-order valence-corrected chi connectivity index (χ3v) is 8.04. The molecular weight excluding hydrogens is 442 g/mol. The summed E-state index contributed by atoms with van der Waals surface area (Å²) in [4.78, 5) is 18.4. The van der Waals surface area contributed by atoms with Crippen LogP contribution in [0.5, 0.6) is 0 Å². The molecule has 5 rings (SSSR count). The van der Waals surface area contributed by atoms with Gasteiger partial charge in [0.1, 0.15) is 11.6 Å². The van der Waals surface area contributed by atoms with Gasteiger partial charge in [-0.1, -0.05) is 19.9 Å². The number of oxazole rings is 1. The van der Waals surface area contributed by atoms with Gasteiger partial charge in [0.25, 0.3) is 5.91 Å². The van der Waals surface area contributed by atoms with Crippen molar-refractivity contribution >= 4 is 17.3 Å². The number of nitrogens with zero attached hydrogens (tertiary/aromatic N) is 2. The Morgan fingerprint density at radius 1 is 1.29 bits per heavy atom. The predicted octanol–water partition coefficient (Wildman–Crippen LogP) is 4.24. The SMILES string of the molecule is CC1(C)[C@H]2CC[C@]1([C@@H]1CN(C(=O)c3cnco3)CCO1)C(=N)/C2=C\C(=N)c1c(F)cccc1F. The summed E-state index contributed by atoms with van der Waals surface area (Å²) >= 11 is 0. The Morgan fingerprint density at radius 2 is 2.03 bits per heavy atom. The highest BCUT2D eigenvalue weighted by Gasteiger charge is 2.68. The topological polar surface area (TPSA) is 103 Å². The van der Waals surface area contributed by atoms with Crippen molar-refractivity contribution < 1.29 is 22.7 Å². The first-order valence-corrected chi connectivity index (χ1v) is 11.3. The molecule has 7 nitrogen and oxygen atoms in total. The molecule has 2 saturated carbocycles. The minimum absolute atomic E-state index is 0.0564. The normalized spacial score (nSPS) is 29.1. The minimum Gasteiger partial charge on any atom is -0.438 e. The maximum Gasteiger partial charge on any atom is 0.291 e. The summed E-state index contributed by atoms with van der Waals surface area (Å²) in [5.74, 6) is -1.78. The third-order valence-electron chi connectivity index (χ3n) is 8.04. The minimum atomic E-state index is -0.803. The molecule has 2 N–H and O–H groups in total. The molecule has 1 aromatic heterocycles. The zero-order chi connectivity index (χ0) is 24.3. The molecule has 2 heterocycles. The summed E-state index contributed by atoms with van der Waals surface area (Å²) in [7, 11) is 0. The van der Waals surface area contributed by atoms with Crippen molar-refractivity contribution in [2.45, 2.75) is 32.8 Å². The first-order chi connectivity index (χ1) is 16.2. The van der Waals surface area contributed by atoms with Crippen LogP contribution in [0.4, 0.5) is 8.78 Å². The second-order valence-corrected chi connectivity index (χ2v) is 9.75. The molecule has 3 aliphatic rings. The van der Waals surface area contributed by atoms with Crippen molar-refractivity contribution in [2.75, 3.05) is 19.7 Å². The van der Waals surface area contributed by atoms with Gasteiger partial charge in [0.2, 0.25) is 5.76 Å². The summed E-state index contributed by atoms with van der Waals surface area (Å²) in [5.41, 5.74) is -0.818. The lowest BCUT2D eigenvalue weighted by Gasteiger charge is -2.47. The van der Waals surface area contributed by atoms with Gasteiger partial charge in [-0.2, -0.15) is 0 Å². The Labute approximate surface area is 195 Å². The van der Waals surface area contributed by atoms with Crippen molar-refractivity contribution in [1.29, 1.82) is 10.8 Å². The lowest BCUT2D eigenvalue weighted by atomic mass is 9.64. The Morgan fingerprint density at radius 3 is 2.71 bits per heavy atom. The number of aromatic nitrogens is 1. The number of hydrogen-bond acceptors (Lipinski definition) is 6. The Balaban J connectivity index is 1.47. The number of morpholine rings is 1. The van der Waals surface area contributed by atoms with Gasteiger partial charge in [-0.25, -0.2) is 13.8 Å². The fourth-order valence-electron chi connectivity index (χ4n) is 6.29. The predicted molar refractivity (Wildman–Crippen MR) is 120 cm³/mol. The standard InChI is InChI=1S/C25H26F2N4O3/c1-24(2)15-6-7-25(24,20-12-31(8-9-33-20)23(32)19-11-30-13-34-19)22(29)14(15)10-18(28)21-16(26)4-3-5-17(21)27/h3-5,10-11,13,15,20,28-29H,6-9,12H2,1-2H3/b14-10-,28-18?,29-22?/t15-,20-,25-/m0/s1. The van der Waals surface area contributed by atoms with E-state index in [2.05, 4.69) is 18.8 Å². The van der Waals surface area contributed by atoms with Crippen LogP contribution in [0, 0.1) is 39.2 Å². The van der Waals surface area contributed by atoms with Crippen molar-refractivity contribution in [3.63, 3.8) is 0 Å². The van der Waals surface area contributed by atoms with Crippen LogP contribution in [-0.2, 0) is 4.74 Å². The van der Waals surface area contributed by atoms with Gasteiger partial charge in [-0.3, -0.25) is 4.79 Å². The average molecular weight is 469 g/mol. The molecule has 1 saturated heterocycles. The zero-order valence-corrected chi connectivity index (χ0v) is 19.0. The highest BCUT2D eigenvalue weighted by Crippen LogP contribution is 2.68. The van der Waals surface area contributed by atoms with E-state index in [9.17, 15) is 13.6 Å². The second kappa shape index (κ2) is 7.94. The van der Waals surface area contributed by atoms with Crippen LogP contribution in [0.15, 0.2) is 46.9 Å². The van der Waals surface area contributed by atoms with Crippen molar-refractivity contribution in [2.24, 2.45) is 16.7 Å². The highest BCUT2D eigenvalue weighted by atomic mass is 19.1. The summed E-state index contributed by atoms with van der Waals surface area (Å²) in [6.45, 7) is 5.19. The Hall–Kier alpha value is -3.20. The molecule has 34 heavy (non-hydrogen) atoms. The monoisotopic (exact) mass is 468 g/mol. The van der Waals surface area contributed by atoms with Crippen LogP contribution in [0.1, 0.15) is 42.8 Å². The summed E-state index contributed by atoms with van der Waals surface area (Å²) in [5, 5.41) is 17.5. The fraction of sp³-hybridized carbons (Fsp3) is 0.440. The number of fused-ring (bicyclic) bond motifs is 2. The quantitative estimate of drug-likeness (QED) is 0.655. The van der Waals surface area contributed by atoms with Crippen molar-refractivity contribution in [1.82, 2.24) is 9.88 Å². The average Bonchev–Trinajstić information content (AvgIpc) is 3.46. The van der Waals surface area contributed by atoms with Gasteiger partial charge in [0.05, 0.1) is 30.2 Å². The van der Waals surface area contributed by atoms with E-state index in [0.29, 0.717) is 37.4 Å². The molecule has 2 bridgehead atoms. The van der Waals surface area contributed by atoms with Gasteiger partial charge in [0, 0.05) is 24.2 Å². The third kappa shape index (κ3) is 3.10. The van der Waals surface area contributed by atoms with Gasteiger partial charge >= 0.3 is 0 Å². The zero-order valence-electron chi connectivity index (χ0n) is 19.0. The number of hydrogen-bond donors (Lipinski definition) is 2. The Bertz CT molecular complexity index is 1190. The van der Waals surface area contributed by atoms with Crippen LogP contribution in [0.2, 0.25) is 0 Å². The number of rotatable bonds is 4. The fourth-order valence-corrected chi connectivity index (χ4v) is 6.29. The summed E-state index contributed by atoms with van der Waals surface area (Å²) in [6.07, 6.45) is 5.09. The molecule has 3 fully saturated rings. The van der Waals surface area contributed by atoms with Crippen LogP contribution >= 0.6 is 0 Å². The second-order valence-electron chi connectivity index (χ2n) is 9.75. The molecule has 1 aliphatic heterocycles. The molecule has 2 aliphatic carbocycles. The molecule has 9 heteroatoms. The van der Waals surface area contributed by atoms with E-state index < -0.39 is 34.1 Å².